The first-order valence-electron chi connectivity index (χ1n) is 6.85. The minimum absolute atomic E-state index is 0.588. The molecular formula is C16H18N2O2. The summed E-state index contributed by atoms with van der Waals surface area (Å²) in [6, 6.07) is 14.1. The van der Waals surface area contributed by atoms with Crippen molar-refractivity contribution in [2.75, 3.05) is 7.11 Å². The molecule has 1 saturated carbocycles. The maximum atomic E-state index is 5.80. The van der Waals surface area contributed by atoms with E-state index in [9.17, 15) is 0 Å². The maximum Gasteiger partial charge on any atom is 0.219 e. The SMILES string of the molecule is COc1ccccc1Oc1cccc(CNC2CC2)n1. The molecule has 3 rings (SSSR count). The normalized spacial score (nSPS) is 14.1. The summed E-state index contributed by atoms with van der Waals surface area (Å²) in [7, 11) is 1.63. The molecule has 20 heavy (non-hydrogen) atoms. The number of hydrogen-bond acceptors (Lipinski definition) is 4. The number of nitrogens with zero attached hydrogens (tertiary/aromatic N) is 1. The van der Waals surface area contributed by atoms with E-state index >= 15 is 0 Å². The molecule has 104 valence electrons. The molecule has 0 unspecified atom stereocenters. The van der Waals surface area contributed by atoms with Crippen molar-refractivity contribution in [3.8, 4) is 17.4 Å². The van der Waals surface area contributed by atoms with Crippen molar-refractivity contribution in [2.45, 2.75) is 25.4 Å². The molecule has 0 aliphatic heterocycles. The van der Waals surface area contributed by atoms with E-state index in [1.54, 1.807) is 7.11 Å². The van der Waals surface area contributed by atoms with Crippen molar-refractivity contribution in [1.29, 1.82) is 0 Å². The van der Waals surface area contributed by atoms with Gasteiger partial charge in [-0.15, -0.1) is 0 Å². The zero-order chi connectivity index (χ0) is 13.8. The highest BCUT2D eigenvalue weighted by Crippen LogP contribution is 2.30. The summed E-state index contributed by atoms with van der Waals surface area (Å²) in [6.07, 6.45) is 2.55. The Morgan fingerprint density at radius 1 is 1.10 bits per heavy atom. The topological polar surface area (TPSA) is 43.4 Å². The fourth-order valence-corrected chi connectivity index (χ4v) is 1.97. The predicted molar refractivity (Wildman–Crippen MR) is 77.2 cm³/mol. The van der Waals surface area contributed by atoms with E-state index in [1.165, 1.54) is 12.8 Å². The molecule has 1 aliphatic rings. The largest absolute Gasteiger partial charge is 0.493 e. The average molecular weight is 270 g/mol. The molecule has 1 aromatic carbocycles. The Hall–Kier alpha value is -2.07. The Kier molecular flexibility index (Phi) is 3.83. The van der Waals surface area contributed by atoms with Crippen LogP contribution < -0.4 is 14.8 Å². The third kappa shape index (κ3) is 3.27. The number of aromatic nitrogens is 1. The zero-order valence-electron chi connectivity index (χ0n) is 11.5. The highest BCUT2D eigenvalue weighted by molar-refractivity contribution is 5.41. The Morgan fingerprint density at radius 3 is 2.65 bits per heavy atom. The molecule has 1 fully saturated rings. The van der Waals surface area contributed by atoms with Gasteiger partial charge in [0, 0.05) is 18.7 Å². The van der Waals surface area contributed by atoms with Gasteiger partial charge >= 0.3 is 0 Å². The van der Waals surface area contributed by atoms with Gasteiger partial charge in [-0.3, -0.25) is 0 Å². The number of pyridine rings is 1. The summed E-state index contributed by atoms with van der Waals surface area (Å²) in [5, 5.41) is 3.44. The lowest BCUT2D eigenvalue weighted by Crippen LogP contribution is -2.16. The first-order valence-corrected chi connectivity index (χ1v) is 6.85. The summed E-state index contributed by atoms with van der Waals surface area (Å²) in [4.78, 5) is 4.50. The van der Waals surface area contributed by atoms with Gasteiger partial charge in [0.15, 0.2) is 11.5 Å². The first-order chi connectivity index (χ1) is 9.85. The highest BCUT2D eigenvalue weighted by Gasteiger charge is 2.20. The lowest BCUT2D eigenvalue weighted by atomic mass is 10.3. The van der Waals surface area contributed by atoms with Gasteiger partial charge < -0.3 is 14.8 Å². The fourth-order valence-electron chi connectivity index (χ4n) is 1.97. The summed E-state index contributed by atoms with van der Waals surface area (Å²) in [5.74, 6) is 1.97. The van der Waals surface area contributed by atoms with Gasteiger partial charge in [-0.2, -0.15) is 0 Å². The number of benzene rings is 1. The van der Waals surface area contributed by atoms with Crippen LogP contribution in [0.15, 0.2) is 42.5 Å². The minimum atomic E-state index is 0.588. The second kappa shape index (κ2) is 5.92. The van der Waals surface area contributed by atoms with Crippen LogP contribution in [0.3, 0.4) is 0 Å². The van der Waals surface area contributed by atoms with E-state index in [1.807, 2.05) is 42.5 Å². The Bertz CT molecular complexity index is 582. The molecule has 1 N–H and O–H groups in total. The molecule has 4 heteroatoms. The van der Waals surface area contributed by atoms with Gasteiger partial charge in [0.25, 0.3) is 0 Å². The fraction of sp³-hybridized carbons (Fsp3) is 0.312. The molecule has 0 atom stereocenters. The molecule has 1 heterocycles. The van der Waals surface area contributed by atoms with E-state index < -0.39 is 0 Å². The third-order valence-corrected chi connectivity index (χ3v) is 3.21. The van der Waals surface area contributed by atoms with Crippen LogP contribution in [0.5, 0.6) is 17.4 Å². The number of hydrogen-bond donors (Lipinski definition) is 1. The second-order valence-electron chi connectivity index (χ2n) is 4.88. The lowest BCUT2D eigenvalue weighted by Gasteiger charge is -2.10. The van der Waals surface area contributed by atoms with Gasteiger partial charge in [0.1, 0.15) is 0 Å². The van der Waals surface area contributed by atoms with Gasteiger partial charge in [-0.25, -0.2) is 4.98 Å². The summed E-state index contributed by atoms with van der Waals surface area (Å²) in [5.41, 5.74) is 0.990. The molecule has 0 radical (unpaired) electrons. The molecular weight excluding hydrogens is 252 g/mol. The molecule has 0 spiro atoms. The van der Waals surface area contributed by atoms with E-state index in [0.29, 0.717) is 23.4 Å². The quantitative estimate of drug-likeness (QED) is 0.875. The van der Waals surface area contributed by atoms with Crippen LogP contribution in [0.25, 0.3) is 0 Å². The van der Waals surface area contributed by atoms with Crippen molar-refractivity contribution in [3.05, 3.63) is 48.2 Å². The molecule has 0 saturated heterocycles. The molecule has 2 aromatic rings. The summed E-state index contributed by atoms with van der Waals surface area (Å²) in [6.45, 7) is 0.786. The van der Waals surface area contributed by atoms with Gasteiger partial charge in [0.05, 0.1) is 12.8 Å². The van der Waals surface area contributed by atoms with Crippen molar-refractivity contribution >= 4 is 0 Å². The molecule has 4 nitrogen and oxygen atoms in total. The first kappa shape index (κ1) is 12.9. The van der Waals surface area contributed by atoms with Gasteiger partial charge in [-0.05, 0) is 31.0 Å². The molecule has 0 amide bonds. The zero-order valence-corrected chi connectivity index (χ0v) is 11.5. The monoisotopic (exact) mass is 270 g/mol. The van der Waals surface area contributed by atoms with Gasteiger partial charge in [-0.1, -0.05) is 18.2 Å². The standard InChI is InChI=1S/C16H18N2O2/c1-19-14-6-2-3-7-15(14)20-16-8-4-5-13(18-16)11-17-12-9-10-12/h2-8,12,17H,9-11H2,1H3. The predicted octanol–water partition coefficient (Wildman–Crippen LogP) is 3.13. The van der Waals surface area contributed by atoms with E-state index in [-0.39, 0.29) is 0 Å². The number of nitrogens with one attached hydrogen (secondary N) is 1. The van der Waals surface area contributed by atoms with Crippen LogP contribution in [0.1, 0.15) is 18.5 Å². The van der Waals surface area contributed by atoms with E-state index in [2.05, 4.69) is 10.3 Å². The summed E-state index contributed by atoms with van der Waals surface area (Å²) >= 11 is 0. The van der Waals surface area contributed by atoms with Crippen LogP contribution >= 0.6 is 0 Å². The van der Waals surface area contributed by atoms with Crippen LogP contribution in [-0.4, -0.2) is 18.1 Å². The number of rotatable bonds is 6. The number of para-hydroxylation sites is 2. The number of methoxy groups -OCH3 is 1. The average Bonchev–Trinajstić information content (AvgIpc) is 3.30. The molecule has 1 aliphatic carbocycles. The van der Waals surface area contributed by atoms with Crippen LogP contribution in [0.2, 0.25) is 0 Å². The van der Waals surface area contributed by atoms with Crippen molar-refractivity contribution in [1.82, 2.24) is 10.3 Å². The van der Waals surface area contributed by atoms with E-state index in [4.69, 9.17) is 9.47 Å². The second-order valence-corrected chi connectivity index (χ2v) is 4.88. The number of ether oxygens (including phenoxy) is 2. The van der Waals surface area contributed by atoms with Crippen molar-refractivity contribution in [3.63, 3.8) is 0 Å². The van der Waals surface area contributed by atoms with Crippen LogP contribution in [0, 0.1) is 0 Å². The smallest absolute Gasteiger partial charge is 0.219 e. The van der Waals surface area contributed by atoms with Crippen LogP contribution in [0.4, 0.5) is 0 Å². The highest BCUT2D eigenvalue weighted by atomic mass is 16.5. The lowest BCUT2D eigenvalue weighted by molar-refractivity contribution is 0.373. The minimum Gasteiger partial charge on any atom is -0.493 e. The third-order valence-electron chi connectivity index (χ3n) is 3.21. The van der Waals surface area contributed by atoms with Crippen molar-refractivity contribution in [2.24, 2.45) is 0 Å². The Balaban J connectivity index is 1.71. The van der Waals surface area contributed by atoms with Crippen LogP contribution in [-0.2, 0) is 6.54 Å². The molecule has 1 aromatic heterocycles. The maximum absolute atomic E-state index is 5.80. The van der Waals surface area contributed by atoms with E-state index in [0.717, 1.165) is 12.2 Å². The summed E-state index contributed by atoms with van der Waals surface area (Å²) < 4.78 is 11.1. The Labute approximate surface area is 118 Å². The van der Waals surface area contributed by atoms with Crippen molar-refractivity contribution < 1.29 is 9.47 Å². The Morgan fingerprint density at radius 2 is 1.90 bits per heavy atom. The molecule has 0 bridgehead atoms. The van der Waals surface area contributed by atoms with Gasteiger partial charge in [0.2, 0.25) is 5.88 Å².